The fraction of sp³-hybridized carbons (Fsp3) is 0.385. The highest BCUT2D eigenvalue weighted by molar-refractivity contribution is 5.98. The van der Waals surface area contributed by atoms with Gasteiger partial charge < -0.3 is 16.0 Å². The summed E-state index contributed by atoms with van der Waals surface area (Å²) in [6, 6.07) is 6.80. The van der Waals surface area contributed by atoms with Gasteiger partial charge >= 0.3 is 0 Å². The smallest absolute Gasteiger partial charge is 0.251 e. The minimum Gasteiger partial charge on any atom is -0.355 e. The van der Waals surface area contributed by atoms with E-state index in [2.05, 4.69) is 16.0 Å². The maximum atomic E-state index is 11.9. The monoisotopic (exact) mass is 283 g/mol. The third-order valence-corrected chi connectivity index (χ3v) is 3.00. The van der Waals surface area contributed by atoms with Gasteiger partial charge in [-0.3, -0.25) is 9.59 Å². The number of carbonyl (C=O) groups is 2. The molecule has 1 aromatic rings. The zero-order chi connectivity index (χ0) is 13.0. The molecule has 1 aliphatic heterocycles. The average Bonchev–Trinajstić information content (AvgIpc) is 2.92. The van der Waals surface area contributed by atoms with E-state index in [4.69, 9.17) is 0 Å². The number of benzene rings is 1. The lowest BCUT2D eigenvalue weighted by molar-refractivity contribution is -0.117. The van der Waals surface area contributed by atoms with Crippen molar-refractivity contribution in [2.45, 2.75) is 18.9 Å². The molecule has 2 amide bonds. The molecule has 1 aliphatic rings. The van der Waals surface area contributed by atoms with Crippen molar-refractivity contribution in [2.24, 2.45) is 0 Å². The normalized spacial score (nSPS) is 17.4. The Hall–Kier alpha value is -1.59. The summed E-state index contributed by atoms with van der Waals surface area (Å²) in [6.45, 7) is 0.885. The number of nitrogens with one attached hydrogen (secondary N) is 3. The summed E-state index contributed by atoms with van der Waals surface area (Å²) < 4.78 is 0. The third kappa shape index (κ3) is 3.94. The van der Waals surface area contributed by atoms with Crippen LogP contribution in [-0.2, 0) is 4.79 Å². The molecular formula is C13H18ClN3O2. The number of anilines is 1. The molecule has 6 heteroatoms. The highest BCUT2D eigenvalue weighted by Gasteiger charge is 2.21. The van der Waals surface area contributed by atoms with Gasteiger partial charge in [-0.2, -0.15) is 0 Å². The van der Waals surface area contributed by atoms with E-state index in [1.807, 2.05) is 0 Å². The highest BCUT2D eigenvalue weighted by atomic mass is 35.5. The molecule has 2 rings (SSSR count). The minimum absolute atomic E-state index is 0. The molecule has 1 unspecified atom stereocenters. The van der Waals surface area contributed by atoms with Crippen molar-refractivity contribution >= 4 is 29.9 Å². The number of amides is 2. The van der Waals surface area contributed by atoms with Gasteiger partial charge in [-0.05, 0) is 37.6 Å². The van der Waals surface area contributed by atoms with Gasteiger partial charge in [-0.15, -0.1) is 12.4 Å². The molecule has 104 valence electrons. The van der Waals surface area contributed by atoms with Crippen LogP contribution in [0.15, 0.2) is 24.3 Å². The topological polar surface area (TPSA) is 70.2 Å². The maximum absolute atomic E-state index is 11.9. The summed E-state index contributed by atoms with van der Waals surface area (Å²) in [5.74, 6) is -0.202. The van der Waals surface area contributed by atoms with Crippen LogP contribution in [0.25, 0.3) is 0 Å². The first-order valence-electron chi connectivity index (χ1n) is 6.07. The Morgan fingerprint density at radius 2 is 2.16 bits per heavy atom. The summed E-state index contributed by atoms with van der Waals surface area (Å²) in [7, 11) is 1.58. The Labute approximate surface area is 118 Å². The summed E-state index contributed by atoms with van der Waals surface area (Å²) in [4.78, 5) is 23.4. The molecule has 19 heavy (non-hydrogen) atoms. The first kappa shape index (κ1) is 15.5. The van der Waals surface area contributed by atoms with Crippen molar-refractivity contribution in [2.75, 3.05) is 18.9 Å². The Balaban J connectivity index is 0.00000180. The van der Waals surface area contributed by atoms with E-state index in [1.165, 1.54) is 0 Å². The summed E-state index contributed by atoms with van der Waals surface area (Å²) >= 11 is 0. The number of rotatable bonds is 3. The largest absolute Gasteiger partial charge is 0.355 e. The van der Waals surface area contributed by atoms with E-state index in [0.29, 0.717) is 11.3 Å². The second-order valence-corrected chi connectivity index (χ2v) is 4.30. The first-order chi connectivity index (χ1) is 8.70. The molecule has 1 atom stereocenters. The molecular weight excluding hydrogens is 266 g/mol. The second kappa shape index (κ2) is 7.11. The van der Waals surface area contributed by atoms with Crippen LogP contribution in [0.1, 0.15) is 23.2 Å². The lowest BCUT2D eigenvalue weighted by Crippen LogP contribution is -2.35. The van der Waals surface area contributed by atoms with Crippen molar-refractivity contribution in [3.63, 3.8) is 0 Å². The quantitative estimate of drug-likeness (QED) is 0.780. The van der Waals surface area contributed by atoms with Crippen molar-refractivity contribution in [3.05, 3.63) is 29.8 Å². The molecule has 0 spiro atoms. The molecule has 1 saturated heterocycles. The van der Waals surface area contributed by atoms with Crippen LogP contribution in [0.3, 0.4) is 0 Å². The number of carbonyl (C=O) groups excluding carboxylic acids is 2. The molecule has 0 aliphatic carbocycles. The highest BCUT2D eigenvalue weighted by Crippen LogP contribution is 2.13. The molecule has 1 heterocycles. The van der Waals surface area contributed by atoms with Crippen molar-refractivity contribution in [1.82, 2.24) is 10.6 Å². The molecule has 5 nitrogen and oxygen atoms in total. The Morgan fingerprint density at radius 3 is 2.79 bits per heavy atom. The molecule has 0 saturated carbocycles. The van der Waals surface area contributed by atoms with Gasteiger partial charge in [0.1, 0.15) is 0 Å². The minimum atomic E-state index is -0.162. The lowest BCUT2D eigenvalue weighted by Gasteiger charge is -2.11. The molecule has 1 fully saturated rings. The average molecular weight is 284 g/mol. The van der Waals surface area contributed by atoms with E-state index in [9.17, 15) is 9.59 Å². The van der Waals surface area contributed by atoms with Crippen LogP contribution < -0.4 is 16.0 Å². The first-order valence-corrected chi connectivity index (χ1v) is 6.07. The van der Waals surface area contributed by atoms with Crippen LogP contribution in [-0.4, -0.2) is 31.4 Å². The van der Waals surface area contributed by atoms with Gasteiger partial charge in [0, 0.05) is 18.3 Å². The Kier molecular flexibility index (Phi) is 5.79. The zero-order valence-electron chi connectivity index (χ0n) is 10.7. The van der Waals surface area contributed by atoms with Gasteiger partial charge in [0.15, 0.2) is 0 Å². The molecule has 1 aromatic carbocycles. The number of halogens is 1. The van der Waals surface area contributed by atoms with Gasteiger partial charge in [0.05, 0.1) is 6.04 Å². The van der Waals surface area contributed by atoms with Crippen LogP contribution in [0.2, 0.25) is 0 Å². The van der Waals surface area contributed by atoms with Gasteiger partial charge in [-0.1, -0.05) is 6.07 Å². The van der Waals surface area contributed by atoms with Gasteiger partial charge in [0.25, 0.3) is 5.91 Å². The van der Waals surface area contributed by atoms with E-state index in [0.717, 1.165) is 19.4 Å². The molecule has 0 radical (unpaired) electrons. The molecule has 3 N–H and O–H groups in total. The number of hydrogen-bond acceptors (Lipinski definition) is 3. The summed E-state index contributed by atoms with van der Waals surface area (Å²) in [5, 5.41) is 8.51. The van der Waals surface area contributed by atoms with Crippen molar-refractivity contribution in [3.8, 4) is 0 Å². The predicted molar refractivity (Wildman–Crippen MR) is 76.7 cm³/mol. The Bertz CT molecular complexity index is 459. The fourth-order valence-corrected chi connectivity index (χ4v) is 2.02. The van der Waals surface area contributed by atoms with Crippen LogP contribution in [0.5, 0.6) is 0 Å². The summed E-state index contributed by atoms with van der Waals surface area (Å²) in [6.07, 6.45) is 1.89. The zero-order valence-corrected chi connectivity index (χ0v) is 11.5. The molecule has 0 bridgehead atoms. The summed E-state index contributed by atoms with van der Waals surface area (Å²) in [5.41, 5.74) is 1.18. The van der Waals surface area contributed by atoms with E-state index < -0.39 is 0 Å². The fourth-order valence-electron chi connectivity index (χ4n) is 2.02. The maximum Gasteiger partial charge on any atom is 0.251 e. The van der Waals surface area contributed by atoms with Crippen LogP contribution >= 0.6 is 12.4 Å². The lowest BCUT2D eigenvalue weighted by atomic mass is 10.1. The van der Waals surface area contributed by atoms with E-state index >= 15 is 0 Å². The number of hydrogen-bond donors (Lipinski definition) is 3. The predicted octanol–water partition coefficient (Wildman–Crippen LogP) is 1.16. The molecule has 0 aromatic heterocycles. The van der Waals surface area contributed by atoms with Crippen LogP contribution in [0, 0.1) is 0 Å². The van der Waals surface area contributed by atoms with Gasteiger partial charge in [-0.25, -0.2) is 0 Å². The standard InChI is InChI=1S/C13H17N3O2.ClH/c1-14-12(17)9-4-2-5-10(8-9)16-13(18)11-6-3-7-15-11;/h2,4-5,8,11,15H,3,6-7H2,1H3,(H,14,17)(H,16,18);1H. The van der Waals surface area contributed by atoms with E-state index in [-0.39, 0.29) is 30.3 Å². The Morgan fingerprint density at radius 1 is 1.37 bits per heavy atom. The van der Waals surface area contributed by atoms with Crippen LogP contribution in [0.4, 0.5) is 5.69 Å². The van der Waals surface area contributed by atoms with Gasteiger partial charge in [0.2, 0.25) is 5.91 Å². The van der Waals surface area contributed by atoms with Crippen molar-refractivity contribution < 1.29 is 9.59 Å². The van der Waals surface area contributed by atoms with Crippen molar-refractivity contribution in [1.29, 1.82) is 0 Å². The van der Waals surface area contributed by atoms with E-state index in [1.54, 1.807) is 31.3 Å². The third-order valence-electron chi connectivity index (χ3n) is 3.00. The second-order valence-electron chi connectivity index (χ2n) is 4.30. The SMILES string of the molecule is CNC(=O)c1cccc(NC(=O)C2CCCN2)c1.Cl.